The van der Waals surface area contributed by atoms with Crippen molar-refractivity contribution in [2.24, 2.45) is 17.8 Å². The third-order valence-corrected chi connectivity index (χ3v) is 6.81. The van der Waals surface area contributed by atoms with Crippen LogP contribution in [0.25, 0.3) is 0 Å². The van der Waals surface area contributed by atoms with Gasteiger partial charge in [-0.1, -0.05) is 19.6 Å². The van der Waals surface area contributed by atoms with Crippen LogP contribution in [0.15, 0.2) is 24.3 Å². The maximum absolute atomic E-state index is 12.9. The van der Waals surface area contributed by atoms with E-state index in [0.717, 1.165) is 6.04 Å². The number of esters is 1. The number of ketones is 1. The highest BCUT2D eigenvalue weighted by molar-refractivity contribution is 6.76. The van der Waals surface area contributed by atoms with Gasteiger partial charge in [0.05, 0.1) is 19.6 Å². The largest absolute Gasteiger partial charge is 0.497 e. The van der Waals surface area contributed by atoms with Crippen molar-refractivity contribution < 1.29 is 24.2 Å². The molecule has 0 amide bonds. The number of aliphatic hydroxyl groups is 1. The first-order chi connectivity index (χ1) is 12.3. The van der Waals surface area contributed by atoms with Crippen molar-refractivity contribution in [1.82, 2.24) is 0 Å². The molecule has 0 saturated heterocycles. The molecule has 1 aliphatic rings. The number of benzene rings is 1. The van der Waals surface area contributed by atoms with Crippen LogP contribution < -0.4 is 4.74 Å². The molecule has 1 N–H and O–H groups in total. The molecular formula is C20H30O5Si. The Labute approximate surface area is 156 Å². The van der Waals surface area contributed by atoms with E-state index in [0.29, 0.717) is 30.8 Å². The van der Waals surface area contributed by atoms with Crippen molar-refractivity contribution in [2.75, 3.05) is 20.3 Å². The first kappa shape index (κ1) is 20.6. The summed E-state index contributed by atoms with van der Waals surface area (Å²) in [6.45, 7) is 6.97. The lowest BCUT2D eigenvalue weighted by Gasteiger charge is -2.23. The van der Waals surface area contributed by atoms with Crippen LogP contribution in [0.3, 0.4) is 0 Å². The van der Waals surface area contributed by atoms with Gasteiger partial charge in [-0.15, -0.1) is 0 Å². The molecule has 1 fully saturated rings. The minimum atomic E-state index is -1.29. The van der Waals surface area contributed by atoms with Crippen LogP contribution >= 0.6 is 0 Å². The van der Waals surface area contributed by atoms with Gasteiger partial charge in [-0.2, -0.15) is 0 Å². The summed E-state index contributed by atoms with van der Waals surface area (Å²) in [5.41, 5.74) is 0.564. The standard InChI is InChI=1S/C20H30O5Si/c1-24-16-8-5-14(6-9-16)19(22)17-10-7-15(13-21)18(17)20(23)25-11-12-26(2,3)4/h5-6,8-9,15,17-18,21H,7,10-13H2,1-4H3/t15-,17-,18-/m0/s1. The average molecular weight is 379 g/mol. The maximum atomic E-state index is 12.9. The molecule has 0 aromatic heterocycles. The lowest BCUT2D eigenvalue weighted by Crippen LogP contribution is -2.33. The van der Waals surface area contributed by atoms with Gasteiger partial charge in [0.1, 0.15) is 5.75 Å². The van der Waals surface area contributed by atoms with E-state index in [1.807, 2.05) is 0 Å². The summed E-state index contributed by atoms with van der Waals surface area (Å²) in [6, 6.07) is 7.83. The van der Waals surface area contributed by atoms with Gasteiger partial charge < -0.3 is 14.6 Å². The van der Waals surface area contributed by atoms with Crippen molar-refractivity contribution in [1.29, 1.82) is 0 Å². The molecule has 1 aromatic rings. The molecule has 0 bridgehead atoms. The van der Waals surface area contributed by atoms with Crippen molar-refractivity contribution >= 4 is 19.8 Å². The molecule has 5 nitrogen and oxygen atoms in total. The number of ether oxygens (including phenoxy) is 2. The molecule has 0 unspecified atom stereocenters. The van der Waals surface area contributed by atoms with Gasteiger partial charge in [0.2, 0.25) is 0 Å². The van der Waals surface area contributed by atoms with Gasteiger partial charge in [0.15, 0.2) is 5.78 Å². The van der Waals surface area contributed by atoms with Crippen LogP contribution in [-0.4, -0.2) is 45.3 Å². The number of hydrogen-bond donors (Lipinski definition) is 1. The van der Waals surface area contributed by atoms with Gasteiger partial charge >= 0.3 is 5.97 Å². The molecule has 0 heterocycles. The Kier molecular flexibility index (Phi) is 7.00. The van der Waals surface area contributed by atoms with Gasteiger partial charge in [-0.25, -0.2) is 0 Å². The first-order valence-electron chi connectivity index (χ1n) is 9.22. The number of hydrogen-bond acceptors (Lipinski definition) is 5. The van der Waals surface area contributed by atoms with Gasteiger partial charge in [-0.3, -0.25) is 9.59 Å². The Morgan fingerprint density at radius 2 is 1.81 bits per heavy atom. The summed E-state index contributed by atoms with van der Waals surface area (Å²) < 4.78 is 10.6. The Bertz CT molecular complexity index is 620. The highest BCUT2D eigenvalue weighted by Gasteiger charge is 2.45. The summed E-state index contributed by atoms with van der Waals surface area (Å²) in [6.07, 6.45) is 1.26. The van der Waals surface area contributed by atoms with Gasteiger partial charge in [-0.05, 0) is 49.1 Å². The quantitative estimate of drug-likeness (QED) is 0.426. The van der Waals surface area contributed by atoms with Gasteiger partial charge in [0, 0.05) is 26.2 Å². The Balaban J connectivity index is 2.10. The topological polar surface area (TPSA) is 72.8 Å². The van der Waals surface area contributed by atoms with E-state index in [9.17, 15) is 14.7 Å². The zero-order chi connectivity index (χ0) is 19.3. The highest BCUT2D eigenvalue weighted by atomic mass is 28.3. The van der Waals surface area contributed by atoms with Crippen molar-refractivity contribution in [3.05, 3.63) is 29.8 Å². The summed E-state index contributed by atoms with van der Waals surface area (Å²) in [5, 5.41) is 9.65. The zero-order valence-electron chi connectivity index (χ0n) is 16.2. The number of carbonyl (C=O) groups excluding carboxylic acids is 2. The molecule has 1 aliphatic carbocycles. The third kappa shape index (κ3) is 5.17. The second-order valence-corrected chi connectivity index (χ2v) is 13.8. The summed E-state index contributed by atoms with van der Waals surface area (Å²) >= 11 is 0. The van der Waals surface area contributed by atoms with Crippen LogP contribution in [0.4, 0.5) is 0 Å². The Morgan fingerprint density at radius 3 is 2.35 bits per heavy atom. The fourth-order valence-corrected chi connectivity index (χ4v) is 4.17. The van der Waals surface area contributed by atoms with Crippen molar-refractivity contribution in [3.8, 4) is 5.75 Å². The molecule has 0 radical (unpaired) electrons. The van der Waals surface area contributed by atoms with E-state index >= 15 is 0 Å². The fraction of sp³-hybridized carbons (Fsp3) is 0.600. The van der Waals surface area contributed by atoms with E-state index in [-0.39, 0.29) is 24.3 Å². The summed E-state index contributed by atoms with van der Waals surface area (Å²) in [7, 11) is 0.281. The van der Waals surface area contributed by atoms with E-state index in [1.165, 1.54) is 0 Å². The van der Waals surface area contributed by atoms with E-state index < -0.39 is 19.9 Å². The zero-order valence-corrected chi connectivity index (χ0v) is 17.2. The predicted octanol–water partition coefficient (Wildman–Crippen LogP) is 3.39. The third-order valence-electron chi connectivity index (χ3n) is 5.10. The first-order valence-corrected chi connectivity index (χ1v) is 12.9. The van der Waals surface area contributed by atoms with E-state index in [1.54, 1.807) is 31.4 Å². The maximum Gasteiger partial charge on any atom is 0.310 e. The molecular weight excluding hydrogens is 348 g/mol. The van der Waals surface area contributed by atoms with E-state index in [2.05, 4.69) is 19.6 Å². The van der Waals surface area contributed by atoms with Crippen LogP contribution in [-0.2, 0) is 9.53 Å². The molecule has 26 heavy (non-hydrogen) atoms. The second kappa shape index (κ2) is 8.82. The summed E-state index contributed by atoms with van der Waals surface area (Å²) in [5.74, 6) is -0.913. The molecule has 1 saturated carbocycles. The van der Waals surface area contributed by atoms with Crippen LogP contribution in [0.2, 0.25) is 25.7 Å². The summed E-state index contributed by atoms with van der Waals surface area (Å²) in [4.78, 5) is 25.6. The van der Waals surface area contributed by atoms with Crippen LogP contribution in [0, 0.1) is 17.8 Å². The van der Waals surface area contributed by atoms with Crippen LogP contribution in [0.1, 0.15) is 23.2 Å². The highest BCUT2D eigenvalue weighted by Crippen LogP contribution is 2.40. The van der Waals surface area contributed by atoms with Gasteiger partial charge in [0.25, 0.3) is 0 Å². The average Bonchev–Trinajstić information content (AvgIpc) is 3.04. The minimum absolute atomic E-state index is 0.0595. The monoisotopic (exact) mass is 378 g/mol. The number of rotatable bonds is 8. The smallest absolute Gasteiger partial charge is 0.310 e. The number of methoxy groups -OCH3 is 1. The number of Topliss-reactive ketones (excluding diaryl/α,β-unsaturated/α-hetero) is 1. The molecule has 0 aliphatic heterocycles. The Morgan fingerprint density at radius 1 is 1.15 bits per heavy atom. The number of carbonyl (C=O) groups is 2. The number of aliphatic hydroxyl groups excluding tert-OH is 1. The SMILES string of the molecule is COc1ccc(C(=O)[C@H]2CC[C@@H](CO)[C@@H]2C(=O)OCC[Si](C)(C)C)cc1. The molecule has 6 heteroatoms. The van der Waals surface area contributed by atoms with Crippen LogP contribution in [0.5, 0.6) is 5.75 Å². The Hall–Kier alpha value is -1.66. The fourth-order valence-electron chi connectivity index (χ4n) is 3.46. The minimum Gasteiger partial charge on any atom is -0.497 e. The van der Waals surface area contributed by atoms with Crippen molar-refractivity contribution in [3.63, 3.8) is 0 Å². The van der Waals surface area contributed by atoms with Crippen molar-refractivity contribution in [2.45, 2.75) is 38.5 Å². The molecule has 144 valence electrons. The lowest BCUT2D eigenvalue weighted by molar-refractivity contribution is -0.150. The molecule has 1 aromatic carbocycles. The molecule has 3 atom stereocenters. The molecule has 0 spiro atoms. The lowest BCUT2D eigenvalue weighted by atomic mass is 9.84. The second-order valence-electron chi connectivity index (χ2n) is 8.22. The van der Waals surface area contributed by atoms with E-state index in [4.69, 9.17) is 9.47 Å². The molecule has 2 rings (SSSR count). The predicted molar refractivity (Wildman–Crippen MR) is 103 cm³/mol. The normalized spacial score (nSPS) is 22.9.